The van der Waals surface area contributed by atoms with Crippen LogP contribution >= 0.6 is 0 Å². The molecule has 4 rings (SSSR count). The van der Waals surface area contributed by atoms with Gasteiger partial charge in [-0.05, 0) is 54.8 Å². The molecule has 7 nitrogen and oxygen atoms in total. The van der Waals surface area contributed by atoms with E-state index in [1.807, 2.05) is 24.3 Å². The largest absolute Gasteiger partial charge is 0.465 e. The molecule has 0 aromatic heterocycles. The molecule has 0 radical (unpaired) electrons. The van der Waals surface area contributed by atoms with Crippen LogP contribution in [0.2, 0.25) is 0 Å². The first-order valence-corrected chi connectivity index (χ1v) is 10.3. The number of hydrogen-bond donors (Lipinski definition) is 2. The van der Waals surface area contributed by atoms with Crippen LogP contribution in [0.25, 0.3) is 0 Å². The predicted octanol–water partition coefficient (Wildman–Crippen LogP) is 3.90. The zero-order valence-corrected chi connectivity index (χ0v) is 17.6. The number of ether oxygens (including phenoxy) is 1. The fourth-order valence-electron chi connectivity index (χ4n) is 3.86. The summed E-state index contributed by atoms with van der Waals surface area (Å²) in [5.74, 6) is -1.31. The number of methoxy groups -OCH3 is 1. The van der Waals surface area contributed by atoms with Crippen LogP contribution in [-0.4, -0.2) is 31.4 Å². The van der Waals surface area contributed by atoms with Gasteiger partial charge in [0.2, 0.25) is 0 Å². The molecule has 3 aromatic carbocycles. The van der Waals surface area contributed by atoms with Crippen molar-refractivity contribution in [3.8, 4) is 0 Å². The summed E-state index contributed by atoms with van der Waals surface area (Å²) >= 11 is 0. The number of nitrogen functional groups attached to an aromatic ring is 1. The number of carbonyl (C=O) groups is 3. The standard InChI is InChI=1S/C25H23N3O4/c1-32-25(31)19-13-12-17(15-21(19)27-23(29)18-9-3-4-10-20(18)26)24(30)28-14-6-8-16-7-2-5-11-22(16)28/h2-5,7,9-13,15H,6,8,14,26H2,1H3,(H,27,29). The molecule has 1 aliphatic heterocycles. The predicted molar refractivity (Wildman–Crippen MR) is 123 cm³/mol. The smallest absolute Gasteiger partial charge is 0.339 e. The molecule has 7 heteroatoms. The summed E-state index contributed by atoms with van der Waals surface area (Å²) < 4.78 is 4.84. The Morgan fingerprint density at radius 1 is 0.969 bits per heavy atom. The first-order chi connectivity index (χ1) is 15.5. The number of anilines is 3. The zero-order chi connectivity index (χ0) is 22.7. The van der Waals surface area contributed by atoms with Crippen LogP contribution in [0.1, 0.15) is 43.1 Å². The number of amides is 2. The number of para-hydroxylation sites is 2. The Morgan fingerprint density at radius 3 is 2.50 bits per heavy atom. The van der Waals surface area contributed by atoms with Gasteiger partial charge in [0.25, 0.3) is 11.8 Å². The first kappa shape index (κ1) is 21.1. The van der Waals surface area contributed by atoms with Crippen molar-refractivity contribution >= 4 is 34.8 Å². The van der Waals surface area contributed by atoms with E-state index in [1.165, 1.54) is 19.2 Å². The Morgan fingerprint density at radius 2 is 1.72 bits per heavy atom. The molecule has 162 valence electrons. The molecule has 1 heterocycles. The van der Waals surface area contributed by atoms with Gasteiger partial charge in [-0.25, -0.2) is 4.79 Å². The average molecular weight is 429 g/mol. The highest BCUT2D eigenvalue weighted by molar-refractivity contribution is 6.13. The third-order valence-corrected chi connectivity index (χ3v) is 5.48. The van der Waals surface area contributed by atoms with Crippen molar-refractivity contribution in [1.82, 2.24) is 0 Å². The van der Waals surface area contributed by atoms with Gasteiger partial charge in [0.05, 0.1) is 23.9 Å². The normalized spacial score (nSPS) is 12.6. The minimum atomic E-state index is -0.622. The van der Waals surface area contributed by atoms with Gasteiger partial charge in [-0.1, -0.05) is 30.3 Å². The Hall–Kier alpha value is -4.13. The fourth-order valence-corrected chi connectivity index (χ4v) is 3.86. The molecule has 0 atom stereocenters. The van der Waals surface area contributed by atoms with Crippen LogP contribution in [0.4, 0.5) is 17.1 Å². The minimum absolute atomic E-state index is 0.144. The van der Waals surface area contributed by atoms with Crippen LogP contribution in [0, 0.1) is 0 Å². The fraction of sp³-hybridized carbons (Fsp3) is 0.160. The lowest BCUT2D eigenvalue weighted by molar-refractivity contribution is 0.0601. The highest BCUT2D eigenvalue weighted by Crippen LogP contribution is 2.29. The van der Waals surface area contributed by atoms with E-state index in [1.54, 1.807) is 35.2 Å². The van der Waals surface area contributed by atoms with E-state index < -0.39 is 11.9 Å². The lowest BCUT2D eigenvalue weighted by Gasteiger charge is -2.29. The number of fused-ring (bicyclic) bond motifs is 1. The number of nitrogens with one attached hydrogen (secondary N) is 1. The quantitative estimate of drug-likeness (QED) is 0.484. The maximum atomic E-state index is 13.4. The number of rotatable bonds is 4. The van der Waals surface area contributed by atoms with Gasteiger partial charge in [0.15, 0.2) is 0 Å². The zero-order valence-electron chi connectivity index (χ0n) is 17.6. The van der Waals surface area contributed by atoms with Crippen molar-refractivity contribution in [1.29, 1.82) is 0 Å². The van der Waals surface area contributed by atoms with Crippen molar-refractivity contribution in [3.05, 3.63) is 89.0 Å². The third-order valence-electron chi connectivity index (χ3n) is 5.48. The van der Waals surface area contributed by atoms with Crippen LogP contribution in [0.3, 0.4) is 0 Å². The highest BCUT2D eigenvalue weighted by atomic mass is 16.5. The molecule has 0 unspecified atom stereocenters. The van der Waals surface area contributed by atoms with Crippen molar-refractivity contribution in [3.63, 3.8) is 0 Å². The lowest BCUT2D eigenvalue weighted by Crippen LogP contribution is -2.35. The summed E-state index contributed by atoms with van der Waals surface area (Å²) in [5.41, 5.74) is 9.16. The number of carbonyl (C=O) groups excluding carboxylic acids is 3. The van der Waals surface area contributed by atoms with Crippen molar-refractivity contribution < 1.29 is 19.1 Å². The van der Waals surface area contributed by atoms with Crippen LogP contribution < -0.4 is 16.0 Å². The second-order valence-electron chi connectivity index (χ2n) is 7.48. The molecule has 0 bridgehead atoms. The van der Waals surface area contributed by atoms with Gasteiger partial charge < -0.3 is 20.7 Å². The molecule has 0 saturated carbocycles. The van der Waals surface area contributed by atoms with Crippen LogP contribution in [0.15, 0.2) is 66.7 Å². The van der Waals surface area contributed by atoms with Gasteiger partial charge in [-0.3, -0.25) is 9.59 Å². The molecule has 0 spiro atoms. The monoisotopic (exact) mass is 429 g/mol. The molecule has 3 N–H and O–H groups in total. The summed E-state index contributed by atoms with van der Waals surface area (Å²) in [6.45, 7) is 0.594. The van der Waals surface area contributed by atoms with Gasteiger partial charge in [0, 0.05) is 23.5 Å². The second kappa shape index (κ2) is 8.93. The summed E-state index contributed by atoms with van der Waals surface area (Å²) in [6.07, 6.45) is 1.78. The second-order valence-corrected chi connectivity index (χ2v) is 7.48. The van der Waals surface area contributed by atoms with E-state index in [0.717, 1.165) is 24.1 Å². The molecule has 0 aliphatic carbocycles. The summed E-state index contributed by atoms with van der Waals surface area (Å²) in [7, 11) is 1.26. The van der Waals surface area contributed by atoms with E-state index in [-0.39, 0.29) is 22.7 Å². The number of esters is 1. The van der Waals surface area contributed by atoms with E-state index in [9.17, 15) is 14.4 Å². The Bertz CT molecular complexity index is 1210. The lowest BCUT2D eigenvalue weighted by atomic mass is 10.00. The number of benzene rings is 3. The van der Waals surface area contributed by atoms with E-state index in [4.69, 9.17) is 10.5 Å². The summed E-state index contributed by atoms with van der Waals surface area (Å²) in [5, 5.41) is 2.71. The molecular formula is C25H23N3O4. The topological polar surface area (TPSA) is 102 Å². The summed E-state index contributed by atoms with van der Waals surface area (Å²) in [4.78, 5) is 40.2. The van der Waals surface area contributed by atoms with Crippen molar-refractivity contribution in [2.24, 2.45) is 0 Å². The molecule has 2 amide bonds. The van der Waals surface area contributed by atoms with Crippen molar-refractivity contribution in [2.45, 2.75) is 12.8 Å². The Balaban J connectivity index is 1.69. The SMILES string of the molecule is COC(=O)c1ccc(C(=O)N2CCCc3ccccc32)cc1NC(=O)c1ccccc1N. The maximum absolute atomic E-state index is 13.4. The number of nitrogens with zero attached hydrogens (tertiary/aromatic N) is 1. The van der Waals surface area contributed by atoms with Gasteiger partial charge >= 0.3 is 5.97 Å². The van der Waals surface area contributed by atoms with Gasteiger partial charge in [0.1, 0.15) is 0 Å². The maximum Gasteiger partial charge on any atom is 0.339 e. The van der Waals surface area contributed by atoms with Crippen molar-refractivity contribution in [2.75, 3.05) is 29.6 Å². The molecule has 1 aliphatic rings. The minimum Gasteiger partial charge on any atom is -0.465 e. The molecule has 0 saturated heterocycles. The molecular weight excluding hydrogens is 406 g/mol. The number of nitrogens with two attached hydrogens (primary N) is 1. The highest BCUT2D eigenvalue weighted by Gasteiger charge is 2.25. The van der Waals surface area contributed by atoms with Crippen LogP contribution in [-0.2, 0) is 11.2 Å². The van der Waals surface area contributed by atoms with E-state index >= 15 is 0 Å². The van der Waals surface area contributed by atoms with Crippen LogP contribution in [0.5, 0.6) is 0 Å². The molecule has 32 heavy (non-hydrogen) atoms. The summed E-state index contributed by atoms with van der Waals surface area (Å²) in [6, 6.07) is 19.0. The Labute approximate surface area is 185 Å². The molecule has 0 fully saturated rings. The van der Waals surface area contributed by atoms with Gasteiger partial charge in [-0.15, -0.1) is 0 Å². The molecule has 3 aromatic rings. The third kappa shape index (κ3) is 4.05. The number of hydrogen-bond acceptors (Lipinski definition) is 5. The van der Waals surface area contributed by atoms with E-state index in [0.29, 0.717) is 17.8 Å². The number of aryl methyl sites for hydroxylation is 1. The Kier molecular flexibility index (Phi) is 5.89. The van der Waals surface area contributed by atoms with Gasteiger partial charge in [-0.2, -0.15) is 0 Å². The average Bonchev–Trinajstić information content (AvgIpc) is 2.83. The first-order valence-electron chi connectivity index (χ1n) is 10.3. The van der Waals surface area contributed by atoms with E-state index in [2.05, 4.69) is 5.32 Å².